The third-order valence-corrected chi connectivity index (χ3v) is 3.71. The van der Waals surface area contributed by atoms with Crippen molar-refractivity contribution in [2.75, 3.05) is 0 Å². The molecule has 1 aliphatic rings. The summed E-state index contributed by atoms with van der Waals surface area (Å²) in [5.74, 6) is -0.0130. The van der Waals surface area contributed by atoms with E-state index < -0.39 is 11.1 Å². The van der Waals surface area contributed by atoms with Gasteiger partial charge in [-0.1, -0.05) is 15.9 Å². The quantitative estimate of drug-likeness (QED) is 0.796. The van der Waals surface area contributed by atoms with Crippen molar-refractivity contribution in [3.05, 3.63) is 0 Å². The van der Waals surface area contributed by atoms with Crippen molar-refractivity contribution in [3.63, 3.8) is 0 Å². The molecule has 4 nitrogen and oxygen atoms in total. The Morgan fingerprint density at radius 1 is 1.29 bits per heavy atom. The summed E-state index contributed by atoms with van der Waals surface area (Å²) in [5.41, 5.74) is -0.871. The first-order valence-corrected chi connectivity index (χ1v) is 6.90. The summed E-state index contributed by atoms with van der Waals surface area (Å²) in [6.07, 6.45) is 1.37. The molecule has 0 aromatic carbocycles. The van der Waals surface area contributed by atoms with Crippen LogP contribution in [0.4, 0.5) is 0 Å². The smallest absolute Gasteiger partial charge is 0.233 e. The fourth-order valence-electron chi connectivity index (χ4n) is 2.68. The molecule has 0 aromatic heterocycles. The lowest BCUT2D eigenvalue weighted by Gasteiger charge is -2.50. The van der Waals surface area contributed by atoms with Crippen molar-refractivity contribution < 1.29 is 10.0 Å². The Morgan fingerprint density at radius 2 is 1.71 bits per heavy atom. The van der Waals surface area contributed by atoms with Crippen LogP contribution in [-0.2, 0) is 10.0 Å². The van der Waals surface area contributed by atoms with Crippen LogP contribution >= 0.6 is 15.9 Å². The first-order valence-electron chi connectivity index (χ1n) is 5.98. The van der Waals surface area contributed by atoms with Crippen molar-refractivity contribution in [2.24, 2.45) is 0 Å². The van der Waals surface area contributed by atoms with Gasteiger partial charge in [0.25, 0.3) is 0 Å². The van der Waals surface area contributed by atoms with Crippen LogP contribution in [-0.4, -0.2) is 32.9 Å². The van der Waals surface area contributed by atoms with Crippen LogP contribution < -0.4 is 5.32 Å². The molecule has 0 saturated carbocycles. The zero-order valence-corrected chi connectivity index (χ0v) is 12.8. The van der Waals surface area contributed by atoms with E-state index in [0.29, 0.717) is 12.8 Å². The Kier molecular flexibility index (Phi) is 4.27. The van der Waals surface area contributed by atoms with Crippen LogP contribution in [0.15, 0.2) is 0 Å². The SMILES string of the molecule is CC(Br)C(=O)NC1CC(C)(C)N([O])C(C)(C)C1. The number of amides is 1. The molecule has 1 aliphatic heterocycles. The van der Waals surface area contributed by atoms with Gasteiger partial charge >= 0.3 is 0 Å². The molecule has 0 aliphatic carbocycles. The van der Waals surface area contributed by atoms with Gasteiger partial charge in [-0.05, 0) is 47.5 Å². The third-order valence-electron chi connectivity index (χ3n) is 3.30. The Bertz CT molecular complexity index is 285. The Morgan fingerprint density at radius 3 is 2.06 bits per heavy atom. The summed E-state index contributed by atoms with van der Waals surface area (Å²) >= 11 is 3.25. The number of hydrogen-bond acceptors (Lipinski definition) is 2. The number of nitrogens with one attached hydrogen (secondary N) is 1. The van der Waals surface area contributed by atoms with E-state index in [1.807, 2.05) is 27.7 Å². The number of halogens is 1. The zero-order chi connectivity index (χ0) is 13.4. The molecule has 1 atom stereocenters. The molecule has 17 heavy (non-hydrogen) atoms. The highest BCUT2D eigenvalue weighted by molar-refractivity contribution is 9.10. The number of alkyl halides is 1. The number of nitrogens with zero attached hydrogens (tertiary/aromatic N) is 1. The maximum atomic E-state index is 12.1. The zero-order valence-electron chi connectivity index (χ0n) is 11.2. The van der Waals surface area contributed by atoms with Gasteiger partial charge in [-0.15, -0.1) is 10.3 Å². The number of hydrogen-bond donors (Lipinski definition) is 1. The standard InChI is InChI=1S/C12H22BrN2O2/c1-8(13)10(16)14-9-6-11(2,3)15(17)12(4,5)7-9/h8-9H,6-7H2,1-5H3,(H,14,16). The van der Waals surface area contributed by atoms with Gasteiger partial charge in [-0.3, -0.25) is 4.79 Å². The Labute approximate surface area is 112 Å². The molecule has 1 radical (unpaired) electrons. The van der Waals surface area contributed by atoms with Gasteiger partial charge in [0.1, 0.15) is 0 Å². The van der Waals surface area contributed by atoms with E-state index in [0.717, 1.165) is 0 Å². The lowest BCUT2D eigenvalue weighted by atomic mass is 9.79. The molecular weight excluding hydrogens is 284 g/mol. The summed E-state index contributed by atoms with van der Waals surface area (Å²) < 4.78 is 0. The minimum Gasteiger partial charge on any atom is -0.352 e. The van der Waals surface area contributed by atoms with Crippen LogP contribution in [0, 0.1) is 0 Å². The average Bonchev–Trinajstić information content (AvgIpc) is 2.12. The number of piperidine rings is 1. The van der Waals surface area contributed by atoms with E-state index in [1.54, 1.807) is 6.92 Å². The number of hydroxylamine groups is 2. The van der Waals surface area contributed by atoms with E-state index >= 15 is 0 Å². The van der Waals surface area contributed by atoms with Crippen LogP contribution in [0.1, 0.15) is 47.5 Å². The van der Waals surface area contributed by atoms with Gasteiger partial charge in [0.2, 0.25) is 5.91 Å². The molecule has 0 spiro atoms. The molecule has 0 bridgehead atoms. The van der Waals surface area contributed by atoms with Crippen LogP contribution in [0.3, 0.4) is 0 Å². The van der Waals surface area contributed by atoms with Crippen LogP contribution in [0.25, 0.3) is 0 Å². The van der Waals surface area contributed by atoms with E-state index in [4.69, 9.17) is 0 Å². The lowest BCUT2D eigenvalue weighted by molar-refractivity contribution is -0.290. The molecule has 1 heterocycles. The Hall–Kier alpha value is -0.130. The van der Waals surface area contributed by atoms with E-state index in [9.17, 15) is 10.0 Å². The van der Waals surface area contributed by atoms with E-state index in [-0.39, 0.29) is 16.8 Å². The van der Waals surface area contributed by atoms with Crippen molar-refractivity contribution in [2.45, 2.75) is 69.4 Å². The number of rotatable bonds is 2. The van der Waals surface area contributed by atoms with Crippen LogP contribution in [0.2, 0.25) is 0 Å². The molecule has 0 aromatic rings. The summed E-state index contributed by atoms with van der Waals surface area (Å²) in [6, 6.07) is 0.0673. The first-order chi connectivity index (χ1) is 7.56. The third kappa shape index (κ3) is 3.42. The fourth-order valence-corrected chi connectivity index (χ4v) is 2.81. The van der Waals surface area contributed by atoms with Gasteiger partial charge in [0.15, 0.2) is 0 Å². The molecule has 5 heteroatoms. The van der Waals surface area contributed by atoms with Gasteiger partial charge < -0.3 is 5.32 Å². The van der Waals surface area contributed by atoms with Gasteiger partial charge in [-0.2, -0.15) is 0 Å². The minimum atomic E-state index is -0.435. The molecular formula is C12H22BrN2O2. The van der Waals surface area contributed by atoms with Crippen molar-refractivity contribution in [3.8, 4) is 0 Å². The Balaban J connectivity index is 2.75. The molecule has 1 rings (SSSR count). The van der Waals surface area contributed by atoms with Crippen molar-refractivity contribution in [1.82, 2.24) is 10.4 Å². The highest BCUT2D eigenvalue weighted by Crippen LogP contribution is 2.36. The summed E-state index contributed by atoms with van der Waals surface area (Å²) in [4.78, 5) is 11.5. The second-order valence-electron chi connectivity index (χ2n) is 6.15. The summed E-state index contributed by atoms with van der Waals surface area (Å²) in [5, 5.41) is 16.3. The minimum absolute atomic E-state index is 0.0130. The van der Waals surface area contributed by atoms with Gasteiger partial charge in [-0.25, -0.2) is 0 Å². The predicted octanol–water partition coefficient (Wildman–Crippen LogP) is 2.25. The highest BCUT2D eigenvalue weighted by atomic mass is 79.9. The van der Waals surface area contributed by atoms with E-state index in [1.165, 1.54) is 5.06 Å². The molecule has 99 valence electrons. The lowest BCUT2D eigenvalue weighted by Crippen LogP contribution is -2.62. The monoisotopic (exact) mass is 305 g/mol. The fraction of sp³-hybridized carbons (Fsp3) is 0.917. The molecule has 1 amide bonds. The molecule has 1 fully saturated rings. The van der Waals surface area contributed by atoms with Gasteiger partial charge in [0.05, 0.1) is 4.83 Å². The largest absolute Gasteiger partial charge is 0.352 e. The normalized spacial score (nSPS) is 26.5. The second-order valence-corrected chi connectivity index (χ2v) is 7.52. The average molecular weight is 306 g/mol. The topological polar surface area (TPSA) is 52.2 Å². The first kappa shape index (κ1) is 14.9. The van der Waals surface area contributed by atoms with Crippen molar-refractivity contribution in [1.29, 1.82) is 0 Å². The van der Waals surface area contributed by atoms with Crippen LogP contribution in [0.5, 0.6) is 0 Å². The van der Waals surface area contributed by atoms with Gasteiger partial charge in [0, 0.05) is 17.1 Å². The molecule has 1 saturated heterocycles. The maximum absolute atomic E-state index is 12.1. The highest BCUT2D eigenvalue weighted by Gasteiger charge is 2.46. The summed E-state index contributed by atoms with van der Waals surface area (Å²) in [6.45, 7) is 9.51. The summed E-state index contributed by atoms with van der Waals surface area (Å²) in [7, 11) is 0. The molecule has 1 unspecified atom stereocenters. The maximum Gasteiger partial charge on any atom is 0.233 e. The number of carbonyl (C=O) groups is 1. The number of carbonyl (C=O) groups excluding carboxylic acids is 1. The van der Waals surface area contributed by atoms with Crippen molar-refractivity contribution >= 4 is 21.8 Å². The van der Waals surface area contributed by atoms with E-state index in [2.05, 4.69) is 21.2 Å². The predicted molar refractivity (Wildman–Crippen MR) is 70.2 cm³/mol. The molecule has 1 N–H and O–H groups in total. The second kappa shape index (κ2) is 4.86.